The van der Waals surface area contributed by atoms with E-state index < -0.39 is 5.82 Å². The van der Waals surface area contributed by atoms with Gasteiger partial charge in [0.1, 0.15) is 5.82 Å². The maximum Gasteiger partial charge on any atom is 0.238 e. The van der Waals surface area contributed by atoms with E-state index in [-0.39, 0.29) is 24.1 Å². The van der Waals surface area contributed by atoms with Crippen molar-refractivity contribution in [2.24, 2.45) is 0 Å². The molecule has 0 unspecified atom stereocenters. The molecule has 1 aliphatic rings. The lowest BCUT2D eigenvalue weighted by atomic mass is 10.3. The van der Waals surface area contributed by atoms with Gasteiger partial charge in [-0.15, -0.1) is 16.4 Å². The Morgan fingerprint density at radius 1 is 1.16 bits per heavy atom. The minimum absolute atomic E-state index is 0.0181. The zero-order valence-corrected chi connectivity index (χ0v) is 18.8. The topological polar surface area (TPSA) is 96.2 Å². The number of nitrogens with zero attached hydrogens (tertiary/aromatic N) is 6. The second-order valence-corrected chi connectivity index (χ2v) is 9.18. The van der Waals surface area contributed by atoms with Crippen molar-refractivity contribution < 1.29 is 14.0 Å². The van der Waals surface area contributed by atoms with E-state index in [0.717, 1.165) is 4.88 Å². The molecule has 9 nitrogen and oxygen atoms in total. The van der Waals surface area contributed by atoms with Gasteiger partial charge in [-0.3, -0.25) is 14.5 Å². The molecule has 168 valence electrons. The van der Waals surface area contributed by atoms with E-state index >= 15 is 0 Å². The normalized spacial score (nSPS) is 14.5. The number of carbonyl (C=O) groups excluding carboxylic acids is 2. The molecular formula is C20H22FN7O2S2. The van der Waals surface area contributed by atoms with Crippen LogP contribution < -0.4 is 5.32 Å². The zero-order valence-electron chi connectivity index (χ0n) is 17.2. The summed E-state index contributed by atoms with van der Waals surface area (Å²) < 4.78 is 14.9. The average molecular weight is 476 g/mol. The number of halogens is 1. The van der Waals surface area contributed by atoms with E-state index in [1.807, 2.05) is 22.4 Å². The van der Waals surface area contributed by atoms with Gasteiger partial charge in [0, 0.05) is 36.7 Å². The summed E-state index contributed by atoms with van der Waals surface area (Å²) in [5.74, 6) is -0.327. The Morgan fingerprint density at radius 3 is 2.75 bits per heavy atom. The molecule has 0 bridgehead atoms. The van der Waals surface area contributed by atoms with Gasteiger partial charge < -0.3 is 10.2 Å². The largest absolute Gasteiger partial charge is 0.339 e. The van der Waals surface area contributed by atoms with Gasteiger partial charge in [0.25, 0.3) is 0 Å². The average Bonchev–Trinajstić information content (AvgIpc) is 3.45. The molecule has 0 saturated carbocycles. The Morgan fingerprint density at radius 2 is 2.00 bits per heavy atom. The van der Waals surface area contributed by atoms with Gasteiger partial charge in [-0.2, -0.15) is 0 Å². The molecule has 32 heavy (non-hydrogen) atoms. The van der Waals surface area contributed by atoms with Crippen LogP contribution in [-0.4, -0.2) is 80.3 Å². The number of hydrogen-bond acceptors (Lipinski definition) is 8. The molecule has 0 aliphatic carbocycles. The van der Waals surface area contributed by atoms with Crippen molar-refractivity contribution in [2.75, 3.05) is 43.8 Å². The van der Waals surface area contributed by atoms with Gasteiger partial charge in [-0.05, 0) is 40.1 Å². The van der Waals surface area contributed by atoms with E-state index in [9.17, 15) is 14.0 Å². The van der Waals surface area contributed by atoms with Crippen molar-refractivity contribution in [3.8, 4) is 0 Å². The second-order valence-electron chi connectivity index (χ2n) is 7.20. The highest BCUT2D eigenvalue weighted by Gasteiger charge is 2.23. The van der Waals surface area contributed by atoms with Crippen molar-refractivity contribution in [2.45, 2.75) is 11.7 Å². The third-order valence-electron chi connectivity index (χ3n) is 4.91. The van der Waals surface area contributed by atoms with Crippen LogP contribution in [-0.2, 0) is 16.1 Å². The molecule has 1 aromatic carbocycles. The van der Waals surface area contributed by atoms with Gasteiger partial charge in [0.05, 0.1) is 18.8 Å². The van der Waals surface area contributed by atoms with Gasteiger partial charge >= 0.3 is 0 Å². The quantitative estimate of drug-likeness (QED) is 0.496. The summed E-state index contributed by atoms with van der Waals surface area (Å²) in [5, 5.41) is 17.1. The standard InChI is InChI=1S/C20H22FN7O2S2/c21-15-3-1-4-16(11-15)22-18(29)13-26-6-8-27(9-7-26)19(30)14-32-20-23-24-25-28(20)12-17-5-2-10-31-17/h1-5,10-11H,6-9,12-14H2,(H,22,29). The summed E-state index contributed by atoms with van der Waals surface area (Å²) in [6.07, 6.45) is 0. The van der Waals surface area contributed by atoms with Gasteiger partial charge in [0.2, 0.25) is 17.0 Å². The molecule has 1 aliphatic heterocycles. The number of rotatable bonds is 8. The first-order chi connectivity index (χ1) is 15.6. The second kappa shape index (κ2) is 10.7. The Labute approximate surface area is 192 Å². The molecule has 1 N–H and O–H groups in total. The van der Waals surface area contributed by atoms with E-state index in [0.29, 0.717) is 43.6 Å². The monoisotopic (exact) mass is 475 g/mol. The Hall–Kier alpha value is -2.83. The number of aromatic nitrogens is 4. The fourth-order valence-corrected chi connectivity index (χ4v) is 4.76. The number of tetrazole rings is 1. The highest BCUT2D eigenvalue weighted by Crippen LogP contribution is 2.18. The molecular weight excluding hydrogens is 453 g/mol. The Kier molecular flexibility index (Phi) is 7.45. The molecule has 3 aromatic rings. The fourth-order valence-electron chi connectivity index (χ4n) is 3.29. The smallest absolute Gasteiger partial charge is 0.238 e. The molecule has 2 amide bonds. The molecule has 0 atom stereocenters. The SMILES string of the molecule is O=C(CN1CCN(C(=O)CSc2nnnn2Cc2cccs2)CC1)Nc1cccc(F)c1. The third kappa shape index (κ3) is 6.11. The van der Waals surface area contributed by atoms with E-state index in [4.69, 9.17) is 0 Å². The third-order valence-corrected chi connectivity index (χ3v) is 6.71. The number of thiophene rings is 1. The summed E-state index contributed by atoms with van der Waals surface area (Å²) in [6, 6.07) is 9.80. The number of nitrogens with one attached hydrogen (secondary N) is 1. The zero-order chi connectivity index (χ0) is 22.3. The molecule has 0 spiro atoms. The predicted octanol–water partition coefficient (Wildman–Crippen LogP) is 1.80. The number of anilines is 1. The predicted molar refractivity (Wildman–Crippen MR) is 120 cm³/mol. The van der Waals surface area contributed by atoms with Crippen LogP contribution in [0.3, 0.4) is 0 Å². The van der Waals surface area contributed by atoms with Crippen molar-refractivity contribution in [3.63, 3.8) is 0 Å². The van der Waals surface area contributed by atoms with Crippen molar-refractivity contribution in [1.29, 1.82) is 0 Å². The maximum absolute atomic E-state index is 13.2. The van der Waals surface area contributed by atoms with Crippen LogP contribution in [0.25, 0.3) is 0 Å². The number of carbonyl (C=O) groups is 2. The molecule has 0 radical (unpaired) electrons. The number of benzene rings is 1. The van der Waals surface area contributed by atoms with Crippen LogP contribution in [0.15, 0.2) is 46.9 Å². The van der Waals surface area contributed by atoms with Crippen LogP contribution >= 0.6 is 23.1 Å². The highest BCUT2D eigenvalue weighted by atomic mass is 32.2. The van der Waals surface area contributed by atoms with Gasteiger partial charge in [0.15, 0.2) is 0 Å². The molecule has 1 saturated heterocycles. The molecule has 1 fully saturated rings. The first-order valence-electron chi connectivity index (χ1n) is 10.0. The number of piperazine rings is 1. The molecule has 12 heteroatoms. The van der Waals surface area contributed by atoms with Crippen molar-refractivity contribution in [3.05, 3.63) is 52.5 Å². The first-order valence-corrected chi connectivity index (χ1v) is 11.9. The molecule has 4 rings (SSSR count). The lowest BCUT2D eigenvalue weighted by Crippen LogP contribution is -2.50. The van der Waals surface area contributed by atoms with E-state index in [2.05, 4.69) is 20.8 Å². The fraction of sp³-hybridized carbons (Fsp3) is 0.350. The Balaban J connectivity index is 1.19. The van der Waals surface area contributed by atoms with Crippen LogP contribution in [0, 0.1) is 5.82 Å². The van der Waals surface area contributed by atoms with Crippen molar-refractivity contribution >= 4 is 40.6 Å². The molecule has 2 aromatic heterocycles. The van der Waals surface area contributed by atoms with Crippen molar-refractivity contribution in [1.82, 2.24) is 30.0 Å². The van der Waals surface area contributed by atoms with Crippen LogP contribution in [0.2, 0.25) is 0 Å². The first kappa shape index (κ1) is 22.4. The highest BCUT2D eigenvalue weighted by molar-refractivity contribution is 7.99. The number of thioether (sulfide) groups is 1. The van der Waals surface area contributed by atoms with Gasteiger partial charge in [-0.1, -0.05) is 23.9 Å². The van der Waals surface area contributed by atoms with Gasteiger partial charge in [-0.25, -0.2) is 9.07 Å². The summed E-state index contributed by atoms with van der Waals surface area (Å²) >= 11 is 2.95. The summed E-state index contributed by atoms with van der Waals surface area (Å²) in [5.41, 5.74) is 0.433. The Bertz CT molecular complexity index is 1050. The van der Waals surface area contributed by atoms with Crippen LogP contribution in [0.5, 0.6) is 0 Å². The van der Waals surface area contributed by atoms with E-state index in [1.165, 1.54) is 23.9 Å². The lowest BCUT2D eigenvalue weighted by molar-refractivity contribution is -0.130. The summed E-state index contributed by atoms with van der Waals surface area (Å²) in [6.45, 7) is 3.08. The van der Waals surface area contributed by atoms with Crippen LogP contribution in [0.1, 0.15) is 4.88 Å². The minimum atomic E-state index is -0.395. The van der Waals surface area contributed by atoms with E-state index in [1.54, 1.807) is 33.1 Å². The number of hydrogen-bond donors (Lipinski definition) is 1. The maximum atomic E-state index is 13.2. The lowest BCUT2D eigenvalue weighted by Gasteiger charge is -2.34. The minimum Gasteiger partial charge on any atom is -0.339 e. The number of amides is 2. The van der Waals surface area contributed by atoms with Crippen LogP contribution in [0.4, 0.5) is 10.1 Å². The summed E-state index contributed by atoms with van der Waals surface area (Å²) in [4.78, 5) is 29.7. The summed E-state index contributed by atoms with van der Waals surface area (Å²) in [7, 11) is 0. The molecule has 3 heterocycles.